The van der Waals surface area contributed by atoms with Crippen molar-refractivity contribution in [3.8, 4) is 0 Å². The van der Waals surface area contributed by atoms with Gasteiger partial charge in [0.05, 0.1) is 12.2 Å². The van der Waals surface area contributed by atoms with Crippen LogP contribution in [-0.4, -0.2) is 31.3 Å². The summed E-state index contributed by atoms with van der Waals surface area (Å²) >= 11 is 0. The minimum atomic E-state index is -0.455. The predicted octanol–water partition coefficient (Wildman–Crippen LogP) is 2.29. The molecular weight excluding hydrogens is 247 g/mol. The highest BCUT2D eigenvalue weighted by atomic mass is 19.1. The molecule has 1 unspecified atom stereocenters. The number of halogens is 1. The third-order valence-electron chi connectivity index (χ3n) is 3.86. The van der Waals surface area contributed by atoms with Crippen LogP contribution in [0.5, 0.6) is 0 Å². The van der Waals surface area contributed by atoms with Crippen molar-refractivity contribution in [1.82, 2.24) is 5.32 Å². The predicted molar refractivity (Wildman–Crippen MR) is 69.7 cm³/mol. The number of nitrogens with one attached hydrogen (secondary N) is 1. The molecular formula is C14H17FN2O2. The van der Waals surface area contributed by atoms with Crippen molar-refractivity contribution in [2.45, 2.75) is 24.9 Å². The molecule has 1 atom stereocenters. The smallest absolute Gasteiger partial charge is 0.415 e. The summed E-state index contributed by atoms with van der Waals surface area (Å²) in [6, 6.07) is 6.32. The second kappa shape index (κ2) is 4.81. The maximum atomic E-state index is 13.8. The maximum Gasteiger partial charge on any atom is 0.415 e. The molecule has 19 heavy (non-hydrogen) atoms. The van der Waals surface area contributed by atoms with Crippen LogP contribution in [-0.2, 0) is 4.74 Å². The van der Waals surface area contributed by atoms with E-state index >= 15 is 0 Å². The Morgan fingerprint density at radius 1 is 1.26 bits per heavy atom. The van der Waals surface area contributed by atoms with Crippen molar-refractivity contribution in [1.29, 1.82) is 0 Å². The number of amides is 1. The first-order valence-corrected chi connectivity index (χ1v) is 6.66. The number of rotatable bonds is 1. The molecule has 0 aromatic heterocycles. The lowest BCUT2D eigenvalue weighted by atomic mass is 9.95. The largest absolute Gasteiger partial charge is 0.441 e. The summed E-state index contributed by atoms with van der Waals surface area (Å²) in [6.07, 6.45) is 2.14. The Bertz CT molecular complexity index is 484. The SMILES string of the molecule is O=C1OC2(CCCNCC2)CN1c1ccccc1F. The van der Waals surface area contributed by atoms with Gasteiger partial charge in [-0.15, -0.1) is 0 Å². The number of carbonyl (C=O) groups excluding carboxylic acids is 1. The number of nitrogens with zero attached hydrogens (tertiary/aromatic N) is 1. The molecule has 1 amide bonds. The number of anilines is 1. The summed E-state index contributed by atoms with van der Waals surface area (Å²) in [5.41, 5.74) is -0.148. The highest BCUT2D eigenvalue weighted by Gasteiger charge is 2.46. The van der Waals surface area contributed by atoms with E-state index in [4.69, 9.17) is 4.74 Å². The van der Waals surface area contributed by atoms with Gasteiger partial charge in [-0.1, -0.05) is 12.1 Å². The highest BCUT2D eigenvalue weighted by molar-refractivity contribution is 5.90. The van der Waals surface area contributed by atoms with Crippen LogP contribution in [0.25, 0.3) is 0 Å². The first-order valence-electron chi connectivity index (χ1n) is 6.66. The van der Waals surface area contributed by atoms with Crippen LogP contribution in [0, 0.1) is 5.82 Å². The molecule has 2 saturated heterocycles. The second-order valence-electron chi connectivity index (χ2n) is 5.19. The van der Waals surface area contributed by atoms with E-state index in [1.165, 1.54) is 11.0 Å². The average Bonchev–Trinajstić information content (AvgIpc) is 2.58. The van der Waals surface area contributed by atoms with Gasteiger partial charge in [0.1, 0.15) is 11.4 Å². The van der Waals surface area contributed by atoms with E-state index in [0.717, 1.165) is 32.4 Å². The summed E-state index contributed by atoms with van der Waals surface area (Å²) in [5.74, 6) is -0.386. The Labute approximate surface area is 111 Å². The van der Waals surface area contributed by atoms with Crippen LogP contribution >= 0.6 is 0 Å². The van der Waals surface area contributed by atoms with E-state index in [1.54, 1.807) is 18.2 Å². The lowest BCUT2D eigenvalue weighted by Crippen LogP contribution is -2.35. The van der Waals surface area contributed by atoms with Crippen molar-refractivity contribution in [2.24, 2.45) is 0 Å². The van der Waals surface area contributed by atoms with Gasteiger partial charge in [0, 0.05) is 6.42 Å². The Morgan fingerprint density at radius 3 is 2.95 bits per heavy atom. The fraction of sp³-hybridized carbons (Fsp3) is 0.500. The van der Waals surface area contributed by atoms with Crippen LogP contribution in [0.4, 0.5) is 14.9 Å². The molecule has 2 aliphatic heterocycles. The van der Waals surface area contributed by atoms with Crippen molar-refractivity contribution in [2.75, 3.05) is 24.5 Å². The Kier molecular flexibility index (Phi) is 3.14. The minimum absolute atomic E-state index is 0.307. The standard InChI is InChI=1S/C14H17FN2O2/c15-11-4-1-2-5-12(11)17-10-14(19-13(17)18)6-3-8-16-9-7-14/h1-2,4-5,16H,3,6-10H2. The maximum absolute atomic E-state index is 13.8. The minimum Gasteiger partial charge on any atom is -0.441 e. The lowest BCUT2D eigenvalue weighted by molar-refractivity contribution is 0.0470. The molecule has 2 heterocycles. The van der Waals surface area contributed by atoms with Gasteiger partial charge in [0.15, 0.2) is 0 Å². The Morgan fingerprint density at radius 2 is 2.11 bits per heavy atom. The number of benzene rings is 1. The second-order valence-corrected chi connectivity index (χ2v) is 5.19. The third kappa shape index (κ3) is 2.30. The fourth-order valence-electron chi connectivity index (χ4n) is 2.84. The van der Waals surface area contributed by atoms with E-state index in [9.17, 15) is 9.18 Å². The van der Waals surface area contributed by atoms with E-state index in [1.807, 2.05) is 0 Å². The van der Waals surface area contributed by atoms with E-state index < -0.39 is 11.7 Å². The molecule has 2 aliphatic rings. The molecule has 0 saturated carbocycles. The molecule has 0 radical (unpaired) electrons. The number of hydrogen-bond donors (Lipinski definition) is 1. The van der Waals surface area contributed by atoms with Gasteiger partial charge in [-0.2, -0.15) is 0 Å². The van der Waals surface area contributed by atoms with Gasteiger partial charge in [-0.25, -0.2) is 9.18 Å². The quantitative estimate of drug-likeness (QED) is 0.846. The normalized spacial score (nSPS) is 27.4. The summed E-state index contributed by atoms with van der Waals surface area (Å²) < 4.78 is 19.4. The number of ether oxygens (including phenoxy) is 1. The molecule has 4 nitrogen and oxygen atoms in total. The van der Waals surface area contributed by atoms with Gasteiger partial charge in [0.2, 0.25) is 0 Å². The van der Waals surface area contributed by atoms with Crippen LogP contribution in [0.15, 0.2) is 24.3 Å². The van der Waals surface area contributed by atoms with E-state index in [0.29, 0.717) is 12.2 Å². The molecule has 1 aromatic rings. The summed E-state index contributed by atoms with van der Waals surface area (Å²) in [6.45, 7) is 2.21. The first kappa shape index (κ1) is 12.4. The van der Waals surface area contributed by atoms with Gasteiger partial charge in [-0.05, 0) is 38.1 Å². The molecule has 3 rings (SSSR count). The topological polar surface area (TPSA) is 41.6 Å². The number of para-hydroxylation sites is 1. The lowest BCUT2D eigenvalue weighted by Gasteiger charge is -2.24. The molecule has 1 spiro atoms. The van der Waals surface area contributed by atoms with Crippen molar-refractivity contribution in [3.63, 3.8) is 0 Å². The van der Waals surface area contributed by atoms with Crippen LogP contribution in [0.3, 0.4) is 0 Å². The molecule has 5 heteroatoms. The van der Waals surface area contributed by atoms with Gasteiger partial charge < -0.3 is 10.1 Å². The molecule has 0 bridgehead atoms. The first-order chi connectivity index (χ1) is 9.20. The molecule has 1 aromatic carbocycles. The zero-order chi connectivity index (χ0) is 13.3. The third-order valence-corrected chi connectivity index (χ3v) is 3.86. The number of carbonyl (C=O) groups is 1. The summed E-state index contributed by atoms with van der Waals surface area (Å²) in [5, 5.41) is 3.30. The van der Waals surface area contributed by atoms with Crippen LogP contribution in [0.1, 0.15) is 19.3 Å². The average molecular weight is 264 g/mol. The number of hydrogen-bond acceptors (Lipinski definition) is 3. The fourth-order valence-corrected chi connectivity index (χ4v) is 2.84. The summed E-state index contributed by atoms with van der Waals surface area (Å²) in [7, 11) is 0. The zero-order valence-electron chi connectivity index (χ0n) is 10.7. The van der Waals surface area contributed by atoms with Crippen molar-refractivity contribution in [3.05, 3.63) is 30.1 Å². The zero-order valence-corrected chi connectivity index (χ0v) is 10.7. The Balaban J connectivity index is 1.85. The molecule has 0 aliphatic carbocycles. The monoisotopic (exact) mass is 264 g/mol. The molecule has 1 N–H and O–H groups in total. The van der Waals surface area contributed by atoms with Gasteiger partial charge in [0.25, 0.3) is 0 Å². The van der Waals surface area contributed by atoms with Crippen LogP contribution in [0.2, 0.25) is 0 Å². The van der Waals surface area contributed by atoms with E-state index in [-0.39, 0.29) is 5.82 Å². The van der Waals surface area contributed by atoms with Gasteiger partial charge in [-0.3, -0.25) is 4.90 Å². The Hall–Kier alpha value is -1.62. The molecule has 2 fully saturated rings. The van der Waals surface area contributed by atoms with E-state index in [2.05, 4.69) is 5.32 Å². The summed E-state index contributed by atoms with van der Waals surface area (Å²) in [4.78, 5) is 13.4. The van der Waals surface area contributed by atoms with Crippen LogP contribution < -0.4 is 10.2 Å². The van der Waals surface area contributed by atoms with Crippen molar-refractivity contribution < 1.29 is 13.9 Å². The van der Waals surface area contributed by atoms with Crippen molar-refractivity contribution >= 4 is 11.8 Å². The molecule has 102 valence electrons. The highest BCUT2D eigenvalue weighted by Crippen LogP contribution is 2.35. The van der Waals surface area contributed by atoms with Gasteiger partial charge >= 0.3 is 6.09 Å².